The van der Waals surface area contributed by atoms with E-state index in [0.717, 1.165) is 4.90 Å². The van der Waals surface area contributed by atoms with E-state index in [4.69, 9.17) is 16.3 Å². The molecule has 1 unspecified atom stereocenters. The van der Waals surface area contributed by atoms with Gasteiger partial charge in [0, 0.05) is 10.6 Å². The molecule has 0 fully saturated rings. The Balaban J connectivity index is 1.72. The highest BCUT2D eigenvalue weighted by molar-refractivity contribution is 6.31. The number of carbonyl (C=O) groups excluding carboxylic acids is 3. The molecule has 1 heterocycles. The molecule has 0 bridgehead atoms. The highest BCUT2D eigenvalue weighted by Crippen LogP contribution is 2.25. The van der Waals surface area contributed by atoms with Gasteiger partial charge in [-0.3, -0.25) is 14.5 Å². The van der Waals surface area contributed by atoms with Crippen LogP contribution >= 0.6 is 11.6 Å². The lowest BCUT2D eigenvalue weighted by Crippen LogP contribution is -2.43. The first kappa shape index (κ1) is 16.2. The van der Waals surface area contributed by atoms with Gasteiger partial charge in [-0.1, -0.05) is 41.9 Å². The molecule has 2 aromatic carbocycles. The maximum atomic E-state index is 12.4. The van der Waals surface area contributed by atoms with Crippen LogP contribution < -0.4 is 0 Å². The van der Waals surface area contributed by atoms with Gasteiger partial charge in [-0.15, -0.1) is 0 Å². The summed E-state index contributed by atoms with van der Waals surface area (Å²) < 4.78 is 5.21. The number of esters is 1. The smallest absolute Gasteiger partial charge is 0.329 e. The van der Waals surface area contributed by atoms with Gasteiger partial charge >= 0.3 is 5.97 Å². The van der Waals surface area contributed by atoms with E-state index < -0.39 is 23.8 Å². The van der Waals surface area contributed by atoms with Crippen molar-refractivity contribution in [3.63, 3.8) is 0 Å². The molecule has 0 radical (unpaired) electrons. The first-order valence-electron chi connectivity index (χ1n) is 7.37. The Morgan fingerprint density at radius 2 is 1.58 bits per heavy atom. The second-order valence-corrected chi connectivity index (χ2v) is 5.81. The van der Waals surface area contributed by atoms with Crippen LogP contribution in [-0.2, 0) is 16.1 Å². The van der Waals surface area contributed by atoms with Crippen LogP contribution in [0.1, 0.15) is 33.2 Å². The zero-order valence-corrected chi connectivity index (χ0v) is 13.6. The molecule has 3 rings (SSSR count). The van der Waals surface area contributed by atoms with Crippen LogP contribution in [0.2, 0.25) is 5.02 Å². The average molecular weight is 344 g/mol. The van der Waals surface area contributed by atoms with Crippen LogP contribution in [0.25, 0.3) is 0 Å². The first-order valence-corrected chi connectivity index (χ1v) is 7.75. The standard InChI is InChI=1S/C18H14ClNO4/c1-11(18(23)24-10-12-6-2-5-9-15(12)19)20-16(21)13-7-3-4-8-14(13)17(20)22/h2-9,11H,10H2,1H3. The van der Waals surface area contributed by atoms with E-state index >= 15 is 0 Å². The molecule has 5 nitrogen and oxygen atoms in total. The minimum Gasteiger partial charge on any atom is -0.459 e. The molecule has 0 N–H and O–H groups in total. The Bertz CT molecular complexity index is 798. The predicted octanol–water partition coefficient (Wildman–Crippen LogP) is 3.07. The molecule has 122 valence electrons. The predicted molar refractivity (Wildman–Crippen MR) is 87.7 cm³/mol. The van der Waals surface area contributed by atoms with E-state index in [1.807, 2.05) is 0 Å². The summed E-state index contributed by atoms with van der Waals surface area (Å²) in [7, 11) is 0. The van der Waals surface area contributed by atoms with E-state index in [1.54, 1.807) is 48.5 Å². The number of nitrogens with zero attached hydrogens (tertiary/aromatic N) is 1. The summed E-state index contributed by atoms with van der Waals surface area (Å²) in [6.45, 7) is 1.45. The van der Waals surface area contributed by atoms with Crippen molar-refractivity contribution in [2.45, 2.75) is 19.6 Å². The lowest BCUT2D eigenvalue weighted by Gasteiger charge is -2.21. The lowest BCUT2D eigenvalue weighted by atomic mass is 10.1. The van der Waals surface area contributed by atoms with Gasteiger partial charge in [0.05, 0.1) is 11.1 Å². The minimum atomic E-state index is -1.01. The number of hydrogen-bond acceptors (Lipinski definition) is 4. The molecule has 0 saturated carbocycles. The summed E-state index contributed by atoms with van der Waals surface area (Å²) in [6, 6.07) is 12.5. The number of amides is 2. The van der Waals surface area contributed by atoms with Crippen molar-refractivity contribution < 1.29 is 19.1 Å². The number of benzene rings is 2. The van der Waals surface area contributed by atoms with Crippen molar-refractivity contribution in [3.05, 3.63) is 70.2 Å². The van der Waals surface area contributed by atoms with Crippen molar-refractivity contribution in [3.8, 4) is 0 Å². The van der Waals surface area contributed by atoms with Gasteiger partial charge in [0.1, 0.15) is 12.6 Å². The molecule has 6 heteroatoms. The normalized spacial score (nSPS) is 14.5. The van der Waals surface area contributed by atoms with E-state index in [9.17, 15) is 14.4 Å². The summed E-state index contributed by atoms with van der Waals surface area (Å²) in [4.78, 5) is 37.9. The number of carbonyl (C=O) groups is 3. The molecule has 1 aliphatic rings. The van der Waals surface area contributed by atoms with Gasteiger partial charge in [-0.05, 0) is 25.1 Å². The monoisotopic (exact) mass is 343 g/mol. The van der Waals surface area contributed by atoms with E-state index in [0.29, 0.717) is 21.7 Å². The number of hydrogen-bond donors (Lipinski definition) is 0. The molecule has 24 heavy (non-hydrogen) atoms. The molecule has 1 atom stereocenters. The fourth-order valence-electron chi connectivity index (χ4n) is 2.55. The quantitative estimate of drug-likeness (QED) is 0.632. The van der Waals surface area contributed by atoms with Crippen LogP contribution in [0.15, 0.2) is 48.5 Å². The highest BCUT2D eigenvalue weighted by Gasteiger charge is 2.41. The van der Waals surface area contributed by atoms with Crippen molar-refractivity contribution in [2.75, 3.05) is 0 Å². The molecular formula is C18H14ClNO4. The average Bonchev–Trinajstić information content (AvgIpc) is 2.85. The van der Waals surface area contributed by atoms with Crippen molar-refractivity contribution in [1.82, 2.24) is 4.90 Å². The molecule has 0 aliphatic carbocycles. The largest absolute Gasteiger partial charge is 0.459 e. The number of halogens is 1. The van der Waals surface area contributed by atoms with Crippen LogP contribution in [0, 0.1) is 0 Å². The van der Waals surface area contributed by atoms with E-state index in [2.05, 4.69) is 0 Å². The maximum Gasteiger partial charge on any atom is 0.329 e. The van der Waals surface area contributed by atoms with E-state index in [-0.39, 0.29) is 6.61 Å². The minimum absolute atomic E-state index is 0.0218. The summed E-state index contributed by atoms with van der Waals surface area (Å²) in [6.07, 6.45) is 0. The summed E-state index contributed by atoms with van der Waals surface area (Å²) in [5.74, 6) is -1.64. The molecule has 2 aromatic rings. The van der Waals surface area contributed by atoms with Crippen molar-refractivity contribution >= 4 is 29.4 Å². The summed E-state index contributed by atoms with van der Waals surface area (Å²) in [5.41, 5.74) is 1.25. The van der Waals surface area contributed by atoms with E-state index in [1.165, 1.54) is 6.92 Å². The van der Waals surface area contributed by atoms with Gasteiger partial charge in [-0.2, -0.15) is 0 Å². The second kappa shape index (κ2) is 6.45. The Kier molecular flexibility index (Phi) is 4.36. The van der Waals surface area contributed by atoms with Gasteiger partial charge in [0.15, 0.2) is 0 Å². The third kappa shape index (κ3) is 2.78. The number of ether oxygens (including phenoxy) is 1. The molecule has 1 aliphatic heterocycles. The second-order valence-electron chi connectivity index (χ2n) is 5.40. The fraction of sp³-hybridized carbons (Fsp3) is 0.167. The topological polar surface area (TPSA) is 63.7 Å². The molecule has 0 spiro atoms. The lowest BCUT2D eigenvalue weighted by molar-refractivity contribution is -0.149. The highest BCUT2D eigenvalue weighted by atomic mass is 35.5. The third-order valence-corrected chi connectivity index (χ3v) is 4.25. The van der Waals surface area contributed by atoms with Crippen LogP contribution in [0.3, 0.4) is 0 Å². The zero-order chi connectivity index (χ0) is 17.3. The Labute approximate surface area is 143 Å². The Morgan fingerprint density at radius 3 is 2.17 bits per heavy atom. The molecule has 0 saturated heterocycles. The Morgan fingerprint density at radius 1 is 1.04 bits per heavy atom. The van der Waals surface area contributed by atoms with Crippen molar-refractivity contribution in [1.29, 1.82) is 0 Å². The maximum absolute atomic E-state index is 12.4. The number of rotatable bonds is 4. The SMILES string of the molecule is CC(C(=O)OCc1ccccc1Cl)N1C(=O)c2ccccc2C1=O. The zero-order valence-electron chi connectivity index (χ0n) is 12.9. The molecular weight excluding hydrogens is 330 g/mol. The van der Waals surface area contributed by atoms with Gasteiger partial charge in [0.2, 0.25) is 0 Å². The molecule has 2 amide bonds. The summed E-state index contributed by atoms with van der Waals surface area (Å²) in [5, 5.41) is 0.485. The van der Waals surface area contributed by atoms with Gasteiger partial charge in [-0.25, -0.2) is 4.79 Å². The number of fused-ring (bicyclic) bond motifs is 1. The van der Waals surface area contributed by atoms with Gasteiger partial charge < -0.3 is 4.74 Å². The van der Waals surface area contributed by atoms with Crippen LogP contribution in [0.4, 0.5) is 0 Å². The van der Waals surface area contributed by atoms with Crippen LogP contribution in [-0.4, -0.2) is 28.7 Å². The van der Waals surface area contributed by atoms with Gasteiger partial charge in [0.25, 0.3) is 11.8 Å². The Hall–Kier alpha value is -2.66. The van der Waals surface area contributed by atoms with Crippen molar-refractivity contribution in [2.24, 2.45) is 0 Å². The fourth-order valence-corrected chi connectivity index (χ4v) is 2.74. The molecule has 0 aromatic heterocycles. The number of imide groups is 1. The van der Waals surface area contributed by atoms with Crippen LogP contribution in [0.5, 0.6) is 0 Å². The third-order valence-electron chi connectivity index (χ3n) is 3.88. The first-order chi connectivity index (χ1) is 11.5. The summed E-state index contributed by atoms with van der Waals surface area (Å²) >= 11 is 6.01.